The minimum atomic E-state index is 0. The molecule has 3 rings (SSSR count). The Morgan fingerprint density at radius 2 is 1.00 bits per heavy atom. The average molecular weight is 582 g/mol. The average Bonchev–Trinajstić information content (AvgIpc) is 3.30. The van der Waals surface area contributed by atoms with Gasteiger partial charge < -0.3 is 17.0 Å². The van der Waals surface area contributed by atoms with Crippen LogP contribution in [0.5, 0.6) is 0 Å². The largest absolute Gasteiger partial charge is 1.00 e. The van der Waals surface area contributed by atoms with E-state index in [1.807, 2.05) is 0 Å². The maximum atomic E-state index is 2.50. The minimum absolute atomic E-state index is 0. The molecule has 0 atom stereocenters. The van der Waals surface area contributed by atoms with Crippen LogP contribution in [-0.2, 0) is 19.5 Å². The number of unbranched alkanes of at least 4 members (excludes halogenated alkanes) is 15. The zero-order valence-corrected chi connectivity index (χ0v) is 25.7. The van der Waals surface area contributed by atoms with Gasteiger partial charge in [-0.25, -0.2) is 9.13 Å². The fraction of sp³-hybridized carbons (Fsp3) is 0.571. The number of rotatable bonds is 21. The van der Waals surface area contributed by atoms with Crippen molar-refractivity contribution in [3.8, 4) is 0 Å². The summed E-state index contributed by atoms with van der Waals surface area (Å²) in [5.74, 6) is 1.41. The third-order valence-corrected chi connectivity index (χ3v) is 7.74. The molecule has 0 bridgehead atoms. The summed E-state index contributed by atoms with van der Waals surface area (Å²) in [7, 11) is 0. The monoisotopic (exact) mass is 580 g/mol. The molecule has 0 saturated heterocycles. The van der Waals surface area contributed by atoms with Gasteiger partial charge >= 0.3 is 0 Å². The van der Waals surface area contributed by atoms with Gasteiger partial charge in [0.2, 0.25) is 0 Å². The number of aryl methyl sites for hydroxylation is 1. The highest BCUT2D eigenvalue weighted by molar-refractivity contribution is 5.18. The molecular weight excluding hydrogens is 528 g/mol. The molecule has 0 amide bonds. The first-order valence-corrected chi connectivity index (χ1v) is 15.5. The van der Waals surface area contributed by atoms with Crippen LogP contribution in [0.3, 0.4) is 0 Å². The minimum Gasteiger partial charge on any atom is -1.00 e. The van der Waals surface area contributed by atoms with E-state index < -0.39 is 0 Å². The number of imidazole rings is 1. The molecule has 38 heavy (non-hydrogen) atoms. The Morgan fingerprint density at radius 1 is 0.553 bits per heavy atom. The second-order valence-corrected chi connectivity index (χ2v) is 11.0. The number of nitrogens with zero attached hydrogens (tertiary/aromatic N) is 2. The van der Waals surface area contributed by atoms with Crippen molar-refractivity contribution >= 4 is 0 Å². The van der Waals surface area contributed by atoms with Gasteiger partial charge in [0.05, 0.1) is 13.0 Å². The van der Waals surface area contributed by atoms with Crippen LogP contribution in [0.4, 0.5) is 0 Å². The van der Waals surface area contributed by atoms with Gasteiger partial charge in [0.15, 0.2) is 0 Å². The molecule has 0 aliphatic carbocycles. The van der Waals surface area contributed by atoms with Crippen molar-refractivity contribution in [3.05, 3.63) is 90.0 Å². The molecule has 0 aliphatic heterocycles. The van der Waals surface area contributed by atoms with E-state index in [2.05, 4.69) is 89.1 Å². The van der Waals surface area contributed by atoms with Crippen molar-refractivity contribution in [2.24, 2.45) is 0 Å². The van der Waals surface area contributed by atoms with Crippen molar-refractivity contribution in [3.63, 3.8) is 0 Å². The Bertz CT molecular complexity index is 935. The Morgan fingerprint density at radius 3 is 1.50 bits per heavy atom. The molecule has 0 N–H and O–H groups in total. The van der Waals surface area contributed by atoms with Crippen LogP contribution in [0.2, 0.25) is 0 Å². The molecule has 1 heterocycles. The summed E-state index contributed by atoms with van der Waals surface area (Å²) in [6.07, 6.45) is 28.3. The summed E-state index contributed by atoms with van der Waals surface area (Å²) in [6.45, 7) is 4.37. The van der Waals surface area contributed by atoms with Crippen LogP contribution in [0.25, 0.3) is 0 Å². The van der Waals surface area contributed by atoms with Gasteiger partial charge in [-0.1, -0.05) is 157 Å². The second kappa shape index (κ2) is 21.0. The van der Waals surface area contributed by atoms with E-state index in [1.54, 1.807) is 0 Å². The zero-order valence-electron chi connectivity index (χ0n) is 24.1. The number of aromatic nitrogens is 2. The van der Waals surface area contributed by atoms with Gasteiger partial charge in [0.1, 0.15) is 18.9 Å². The first kappa shape index (κ1) is 32.3. The normalized spacial score (nSPS) is 11.0. The van der Waals surface area contributed by atoms with Gasteiger partial charge in [-0.3, -0.25) is 0 Å². The molecule has 0 fully saturated rings. The Kier molecular flexibility index (Phi) is 17.9. The SMILES string of the molecule is CCCCCCCCCCCCCCCCCCn1cc[n+](Cc2ccccc2)c1Cc1ccccc1.[Br-]. The highest BCUT2D eigenvalue weighted by Gasteiger charge is 2.18. The maximum Gasteiger partial charge on any atom is 0.261 e. The molecule has 0 radical (unpaired) electrons. The van der Waals surface area contributed by atoms with Gasteiger partial charge in [-0.05, 0) is 24.0 Å². The number of halogens is 1. The predicted octanol–water partition coefficient (Wildman–Crippen LogP) is 6.68. The first-order valence-electron chi connectivity index (χ1n) is 15.5. The second-order valence-electron chi connectivity index (χ2n) is 11.0. The molecule has 210 valence electrons. The summed E-state index contributed by atoms with van der Waals surface area (Å²) in [6, 6.07) is 21.7. The topological polar surface area (TPSA) is 8.81 Å². The van der Waals surface area contributed by atoms with E-state index >= 15 is 0 Å². The van der Waals surface area contributed by atoms with E-state index in [9.17, 15) is 0 Å². The number of hydrogen-bond donors (Lipinski definition) is 0. The van der Waals surface area contributed by atoms with E-state index in [4.69, 9.17) is 0 Å². The lowest BCUT2D eigenvalue weighted by molar-refractivity contribution is -0.695. The summed E-state index contributed by atoms with van der Waals surface area (Å²) >= 11 is 0. The first-order chi connectivity index (χ1) is 18.4. The van der Waals surface area contributed by atoms with Crippen LogP contribution in [0.1, 0.15) is 127 Å². The summed E-state index contributed by atoms with van der Waals surface area (Å²) in [4.78, 5) is 0. The van der Waals surface area contributed by atoms with Crippen molar-refractivity contribution in [1.29, 1.82) is 0 Å². The van der Waals surface area contributed by atoms with Crippen LogP contribution < -0.4 is 21.5 Å². The van der Waals surface area contributed by atoms with Crippen LogP contribution in [-0.4, -0.2) is 4.57 Å². The number of hydrogen-bond acceptors (Lipinski definition) is 0. The van der Waals surface area contributed by atoms with Gasteiger partial charge in [0, 0.05) is 0 Å². The molecule has 2 nitrogen and oxygen atoms in total. The third kappa shape index (κ3) is 13.3. The van der Waals surface area contributed by atoms with Crippen molar-refractivity contribution in [1.82, 2.24) is 4.57 Å². The Labute approximate surface area is 244 Å². The molecule has 0 spiro atoms. The summed E-state index contributed by atoms with van der Waals surface area (Å²) in [5, 5.41) is 0. The fourth-order valence-electron chi connectivity index (χ4n) is 5.44. The standard InChI is InChI=1S/C35H53N2.BrH/c1-2-3-4-5-6-7-8-9-10-11-12-13-14-15-16-23-28-36-29-30-37(32-34-26-21-18-22-27-34)35(36)31-33-24-19-17-20-25-33;/h17-22,24-27,29-30H,2-16,23,28,31-32H2,1H3;1H/q+1;/p-1. The number of benzene rings is 2. The Hall–Kier alpha value is -1.87. The van der Waals surface area contributed by atoms with E-state index in [0.717, 1.165) is 19.5 Å². The lowest BCUT2D eigenvalue weighted by atomic mass is 10.0. The quantitative estimate of drug-likeness (QED) is 0.0981. The fourth-order valence-corrected chi connectivity index (χ4v) is 5.44. The third-order valence-electron chi connectivity index (χ3n) is 7.74. The highest BCUT2D eigenvalue weighted by atomic mass is 79.9. The predicted molar refractivity (Wildman–Crippen MR) is 159 cm³/mol. The molecule has 0 aliphatic rings. The van der Waals surface area contributed by atoms with E-state index in [0.29, 0.717) is 0 Å². The smallest absolute Gasteiger partial charge is 0.261 e. The lowest BCUT2D eigenvalue weighted by Crippen LogP contribution is -3.00. The van der Waals surface area contributed by atoms with Crippen LogP contribution >= 0.6 is 0 Å². The van der Waals surface area contributed by atoms with Crippen LogP contribution in [0.15, 0.2) is 73.1 Å². The highest BCUT2D eigenvalue weighted by Crippen LogP contribution is 2.15. The maximum absolute atomic E-state index is 2.50. The summed E-state index contributed by atoms with van der Waals surface area (Å²) in [5.41, 5.74) is 2.75. The molecule has 2 aromatic carbocycles. The molecule has 0 saturated carbocycles. The van der Waals surface area contributed by atoms with Gasteiger partial charge in [-0.2, -0.15) is 0 Å². The molecule has 1 aromatic heterocycles. The lowest BCUT2D eigenvalue weighted by Gasteiger charge is -2.07. The molecule has 0 unspecified atom stereocenters. The molecular formula is C35H53BrN2. The van der Waals surface area contributed by atoms with Gasteiger partial charge in [-0.15, -0.1) is 0 Å². The van der Waals surface area contributed by atoms with E-state index in [1.165, 1.54) is 120 Å². The van der Waals surface area contributed by atoms with Crippen LogP contribution in [0, 0.1) is 0 Å². The van der Waals surface area contributed by atoms with Gasteiger partial charge in [0.25, 0.3) is 5.82 Å². The Balaban J connectivity index is 0.00000507. The van der Waals surface area contributed by atoms with E-state index in [-0.39, 0.29) is 17.0 Å². The van der Waals surface area contributed by atoms with Crippen molar-refractivity contribution < 1.29 is 21.5 Å². The molecule has 3 aromatic rings. The molecule has 3 heteroatoms. The zero-order chi connectivity index (χ0) is 25.8. The summed E-state index contributed by atoms with van der Waals surface area (Å²) < 4.78 is 4.94. The van der Waals surface area contributed by atoms with Crippen molar-refractivity contribution in [2.75, 3.05) is 0 Å². The van der Waals surface area contributed by atoms with Crippen molar-refractivity contribution in [2.45, 2.75) is 129 Å².